The van der Waals surface area contributed by atoms with Crippen LogP contribution in [0.15, 0.2) is 30.3 Å². The van der Waals surface area contributed by atoms with Crippen LogP contribution in [0.1, 0.15) is 32.3 Å². The second-order valence-electron chi connectivity index (χ2n) is 6.81. The lowest BCUT2D eigenvalue weighted by Crippen LogP contribution is -2.51. The van der Waals surface area contributed by atoms with E-state index in [2.05, 4.69) is 16.0 Å². The first-order valence-electron chi connectivity index (χ1n) is 8.86. The largest absolute Gasteiger partial charge is 0.354 e. The summed E-state index contributed by atoms with van der Waals surface area (Å²) in [6.07, 6.45) is 2.16. The third-order valence-electron chi connectivity index (χ3n) is 4.14. The van der Waals surface area contributed by atoms with Crippen LogP contribution in [0.4, 0.5) is 0 Å². The lowest BCUT2D eigenvalue weighted by Gasteiger charge is -2.22. The van der Waals surface area contributed by atoms with Gasteiger partial charge in [-0.05, 0) is 24.3 Å². The van der Waals surface area contributed by atoms with E-state index < -0.39 is 6.04 Å². The van der Waals surface area contributed by atoms with Crippen LogP contribution < -0.4 is 16.0 Å². The Bertz CT molecular complexity index is 597. The average Bonchev–Trinajstić information content (AvgIpc) is 3.42. The van der Waals surface area contributed by atoms with Gasteiger partial charge in [0.25, 0.3) is 0 Å². The van der Waals surface area contributed by atoms with Gasteiger partial charge in [-0.2, -0.15) is 0 Å². The lowest BCUT2D eigenvalue weighted by atomic mass is 10.0. The Morgan fingerprint density at radius 1 is 1.04 bits per heavy atom. The molecule has 0 bridgehead atoms. The normalized spacial score (nSPS) is 14.7. The van der Waals surface area contributed by atoms with Crippen LogP contribution in [-0.2, 0) is 20.8 Å². The molecule has 3 N–H and O–H groups in total. The summed E-state index contributed by atoms with van der Waals surface area (Å²) >= 11 is 0. The van der Waals surface area contributed by atoms with Gasteiger partial charge >= 0.3 is 0 Å². The van der Waals surface area contributed by atoms with Crippen molar-refractivity contribution in [1.29, 1.82) is 0 Å². The highest BCUT2D eigenvalue weighted by Crippen LogP contribution is 2.28. The summed E-state index contributed by atoms with van der Waals surface area (Å²) in [5, 5.41) is 8.38. The standard InChI is InChI=1S/C19H27N3O3/c1-13(2)17(22-16(23)12-14-6-4-3-5-7-14)19(25)21-11-10-20-18(24)15-8-9-15/h3-7,13,15,17H,8-12H2,1-2H3,(H,20,24)(H,21,25)(H,22,23). The molecule has 0 radical (unpaired) electrons. The zero-order valence-corrected chi connectivity index (χ0v) is 14.9. The molecule has 136 valence electrons. The fraction of sp³-hybridized carbons (Fsp3) is 0.526. The van der Waals surface area contributed by atoms with Crippen molar-refractivity contribution >= 4 is 17.7 Å². The molecule has 0 aromatic heterocycles. The number of rotatable bonds is 9. The molecule has 1 atom stereocenters. The molecule has 1 saturated carbocycles. The minimum atomic E-state index is -0.588. The van der Waals surface area contributed by atoms with Crippen molar-refractivity contribution in [3.8, 4) is 0 Å². The third-order valence-corrected chi connectivity index (χ3v) is 4.14. The van der Waals surface area contributed by atoms with Crippen molar-refractivity contribution in [2.75, 3.05) is 13.1 Å². The molecule has 0 heterocycles. The van der Waals surface area contributed by atoms with Crippen molar-refractivity contribution in [1.82, 2.24) is 16.0 Å². The maximum absolute atomic E-state index is 12.3. The molecule has 1 aliphatic rings. The summed E-state index contributed by atoms with van der Waals surface area (Å²) in [4.78, 5) is 36.0. The first-order valence-corrected chi connectivity index (χ1v) is 8.86. The van der Waals surface area contributed by atoms with Crippen LogP contribution in [0.2, 0.25) is 0 Å². The summed E-state index contributed by atoms with van der Waals surface area (Å²) in [7, 11) is 0. The second kappa shape index (κ2) is 9.20. The van der Waals surface area contributed by atoms with Gasteiger partial charge in [0, 0.05) is 19.0 Å². The first kappa shape index (κ1) is 19.0. The van der Waals surface area contributed by atoms with E-state index >= 15 is 0 Å². The van der Waals surface area contributed by atoms with Crippen LogP contribution in [0.3, 0.4) is 0 Å². The number of benzene rings is 1. The molecule has 2 rings (SSSR count). The Kier molecular flexibility index (Phi) is 6.98. The van der Waals surface area contributed by atoms with E-state index in [1.807, 2.05) is 44.2 Å². The minimum absolute atomic E-state index is 0.0271. The van der Waals surface area contributed by atoms with Gasteiger partial charge in [0.05, 0.1) is 6.42 Å². The van der Waals surface area contributed by atoms with Crippen LogP contribution in [0.25, 0.3) is 0 Å². The van der Waals surface area contributed by atoms with Gasteiger partial charge in [0.1, 0.15) is 6.04 Å². The Morgan fingerprint density at radius 3 is 2.28 bits per heavy atom. The average molecular weight is 345 g/mol. The van der Waals surface area contributed by atoms with Crippen molar-refractivity contribution in [3.63, 3.8) is 0 Å². The number of carbonyl (C=O) groups is 3. The number of carbonyl (C=O) groups excluding carboxylic acids is 3. The highest BCUT2D eigenvalue weighted by atomic mass is 16.2. The molecule has 0 spiro atoms. The van der Waals surface area contributed by atoms with Gasteiger partial charge in [-0.1, -0.05) is 44.2 Å². The molecule has 6 nitrogen and oxygen atoms in total. The topological polar surface area (TPSA) is 87.3 Å². The smallest absolute Gasteiger partial charge is 0.242 e. The third kappa shape index (κ3) is 6.57. The van der Waals surface area contributed by atoms with E-state index in [1.54, 1.807) is 0 Å². The van der Waals surface area contributed by atoms with E-state index in [1.165, 1.54) is 0 Å². The van der Waals surface area contributed by atoms with Gasteiger partial charge in [0.2, 0.25) is 17.7 Å². The van der Waals surface area contributed by atoms with Gasteiger partial charge < -0.3 is 16.0 Å². The van der Waals surface area contributed by atoms with Gasteiger partial charge in [-0.25, -0.2) is 0 Å². The summed E-state index contributed by atoms with van der Waals surface area (Å²) in [6.45, 7) is 4.54. The van der Waals surface area contributed by atoms with Crippen LogP contribution in [-0.4, -0.2) is 36.9 Å². The van der Waals surface area contributed by atoms with E-state index in [9.17, 15) is 14.4 Å². The minimum Gasteiger partial charge on any atom is -0.354 e. The lowest BCUT2D eigenvalue weighted by molar-refractivity contribution is -0.129. The molecular formula is C19H27N3O3. The Morgan fingerprint density at radius 2 is 1.68 bits per heavy atom. The predicted molar refractivity (Wildman–Crippen MR) is 95.7 cm³/mol. The van der Waals surface area contributed by atoms with Crippen LogP contribution >= 0.6 is 0 Å². The fourth-order valence-electron chi connectivity index (χ4n) is 2.51. The molecule has 0 aliphatic heterocycles. The van der Waals surface area contributed by atoms with E-state index in [0.717, 1.165) is 18.4 Å². The fourth-order valence-corrected chi connectivity index (χ4v) is 2.51. The van der Waals surface area contributed by atoms with E-state index in [0.29, 0.717) is 13.1 Å². The molecule has 1 unspecified atom stereocenters. The molecule has 25 heavy (non-hydrogen) atoms. The summed E-state index contributed by atoms with van der Waals surface area (Å²) < 4.78 is 0. The highest BCUT2D eigenvalue weighted by Gasteiger charge is 2.29. The van der Waals surface area contributed by atoms with E-state index in [-0.39, 0.29) is 36.0 Å². The van der Waals surface area contributed by atoms with Crippen LogP contribution in [0.5, 0.6) is 0 Å². The van der Waals surface area contributed by atoms with Crippen molar-refractivity contribution < 1.29 is 14.4 Å². The molecular weight excluding hydrogens is 318 g/mol. The highest BCUT2D eigenvalue weighted by molar-refractivity contribution is 5.88. The van der Waals surface area contributed by atoms with Gasteiger partial charge in [0.15, 0.2) is 0 Å². The zero-order chi connectivity index (χ0) is 18.2. The molecule has 6 heteroatoms. The van der Waals surface area contributed by atoms with Crippen molar-refractivity contribution in [2.24, 2.45) is 11.8 Å². The monoisotopic (exact) mass is 345 g/mol. The second-order valence-corrected chi connectivity index (χ2v) is 6.81. The Balaban J connectivity index is 1.74. The first-order chi connectivity index (χ1) is 12.0. The molecule has 0 saturated heterocycles. The molecule has 3 amide bonds. The Hall–Kier alpha value is -2.37. The summed E-state index contributed by atoms with van der Waals surface area (Å²) in [5.41, 5.74) is 0.908. The number of hydrogen-bond acceptors (Lipinski definition) is 3. The molecule has 1 aliphatic carbocycles. The predicted octanol–water partition coefficient (Wildman–Crippen LogP) is 1.01. The van der Waals surface area contributed by atoms with Crippen molar-refractivity contribution in [3.05, 3.63) is 35.9 Å². The number of amides is 3. The van der Waals surface area contributed by atoms with Crippen molar-refractivity contribution in [2.45, 2.75) is 39.2 Å². The number of nitrogens with one attached hydrogen (secondary N) is 3. The maximum atomic E-state index is 12.3. The van der Waals surface area contributed by atoms with Crippen LogP contribution in [0, 0.1) is 11.8 Å². The Labute approximate surface area is 148 Å². The van der Waals surface area contributed by atoms with E-state index in [4.69, 9.17) is 0 Å². The molecule has 1 aromatic carbocycles. The van der Waals surface area contributed by atoms with Gasteiger partial charge in [-0.3, -0.25) is 14.4 Å². The maximum Gasteiger partial charge on any atom is 0.242 e. The SMILES string of the molecule is CC(C)C(NC(=O)Cc1ccccc1)C(=O)NCCNC(=O)C1CC1. The quantitative estimate of drug-likeness (QED) is 0.584. The number of hydrogen-bond donors (Lipinski definition) is 3. The summed E-state index contributed by atoms with van der Waals surface area (Å²) in [5.74, 6) is -0.206. The molecule has 1 fully saturated rings. The molecule has 1 aromatic rings. The zero-order valence-electron chi connectivity index (χ0n) is 14.9. The van der Waals surface area contributed by atoms with Gasteiger partial charge in [-0.15, -0.1) is 0 Å². The summed E-state index contributed by atoms with van der Waals surface area (Å²) in [6, 6.07) is 8.83.